The van der Waals surface area contributed by atoms with Gasteiger partial charge in [-0.3, -0.25) is 0 Å². The van der Waals surface area contributed by atoms with Crippen LogP contribution in [0.2, 0.25) is 0 Å². The van der Waals surface area contributed by atoms with Gasteiger partial charge in [-0.2, -0.15) is 0 Å². The van der Waals surface area contributed by atoms with Crippen molar-refractivity contribution < 1.29 is 18.6 Å². The SMILES string of the molecule is CCC(O)CCCOc1cc(F)c(F)cc1C. The number of aryl methyl sites for hydroxylation is 1. The van der Waals surface area contributed by atoms with E-state index >= 15 is 0 Å². The molecule has 0 fully saturated rings. The molecule has 96 valence electrons. The van der Waals surface area contributed by atoms with Crippen LogP contribution in [0.1, 0.15) is 31.7 Å². The largest absolute Gasteiger partial charge is 0.493 e. The quantitative estimate of drug-likeness (QED) is 0.779. The molecule has 0 radical (unpaired) electrons. The second kappa shape index (κ2) is 6.55. The molecule has 0 aliphatic heterocycles. The van der Waals surface area contributed by atoms with Gasteiger partial charge < -0.3 is 9.84 Å². The Labute approximate surface area is 100 Å². The van der Waals surface area contributed by atoms with Gasteiger partial charge in [0.15, 0.2) is 11.6 Å². The fraction of sp³-hybridized carbons (Fsp3) is 0.538. The van der Waals surface area contributed by atoms with Gasteiger partial charge in [0.1, 0.15) is 5.75 Å². The standard InChI is InChI=1S/C13H18F2O2/c1-3-10(16)5-4-6-17-13-8-12(15)11(14)7-9(13)2/h7-8,10,16H,3-6H2,1-2H3. The summed E-state index contributed by atoms with van der Waals surface area (Å²) in [5.74, 6) is -1.41. The molecule has 1 aromatic carbocycles. The van der Waals surface area contributed by atoms with E-state index in [1.165, 1.54) is 0 Å². The lowest BCUT2D eigenvalue weighted by atomic mass is 10.1. The Morgan fingerprint density at radius 3 is 2.59 bits per heavy atom. The highest BCUT2D eigenvalue weighted by atomic mass is 19.2. The van der Waals surface area contributed by atoms with Crippen LogP contribution in [0, 0.1) is 18.6 Å². The second-order valence-corrected chi connectivity index (χ2v) is 4.08. The van der Waals surface area contributed by atoms with Crippen LogP contribution in [0.4, 0.5) is 8.78 Å². The molecule has 2 nitrogen and oxygen atoms in total. The van der Waals surface area contributed by atoms with Gasteiger partial charge in [-0.25, -0.2) is 8.78 Å². The summed E-state index contributed by atoms with van der Waals surface area (Å²) < 4.78 is 31.1. The molecule has 1 unspecified atom stereocenters. The Hall–Kier alpha value is -1.16. The Bertz CT molecular complexity index is 367. The van der Waals surface area contributed by atoms with E-state index < -0.39 is 11.6 Å². The lowest BCUT2D eigenvalue weighted by molar-refractivity contribution is 0.148. The number of aliphatic hydroxyl groups is 1. The molecule has 1 N–H and O–H groups in total. The Morgan fingerprint density at radius 1 is 1.29 bits per heavy atom. The van der Waals surface area contributed by atoms with Gasteiger partial charge in [-0.15, -0.1) is 0 Å². The number of hydrogen-bond donors (Lipinski definition) is 1. The molecule has 0 heterocycles. The van der Waals surface area contributed by atoms with Crippen molar-refractivity contribution in [3.63, 3.8) is 0 Å². The first-order valence-corrected chi connectivity index (χ1v) is 5.81. The molecule has 0 bridgehead atoms. The first kappa shape index (κ1) is 13.9. The minimum Gasteiger partial charge on any atom is -0.493 e. The molecule has 0 aliphatic carbocycles. The number of rotatable bonds is 6. The number of aliphatic hydroxyl groups excluding tert-OH is 1. The van der Waals surface area contributed by atoms with E-state index in [0.29, 0.717) is 37.2 Å². The Balaban J connectivity index is 2.44. The van der Waals surface area contributed by atoms with Crippen molar-refractivity contribution in [2.75, 3.05) is 6.61 Å². The van der Waals surface area contributed by atoms with E-state index in [9.17, 15) is 13.9 Å². The van der Waals surface area contributed by atoms with Crippen molar-refractivity contribution in [1.29, 1.82) is 0 Å². The highest BCUT2D eigenvalue weighted by Crippen LogP contribution is 2.21. The van der Waals surface area contributed by atoms with Crippen LogP contribution in [0.25, 0.3) is 0 Å². The highest BCUT2D eigenvalue weighted by molar-refractivity contribution is 5.33. The van der Waals surface area contributed by atoms with Crippen LogP contribution in [0.3, 0.4) is 0 Å². The molecular weight excluding hydrogens is 226 g/mol. The maximum Gasteiger partial charge on any atom is 0.162 e. The predicted molar refractivity (Wildman–Crippen MR) is 62.1 cm³/mol. The molecule has 4 heteroatoms. The molecule has 1 atom stereocenters. The van der Waals surface area contributed by atoms with E-state index in [1.807, 2.05) is 6.92 Å². The molecule has 1 rings (SSSR count). The minimum absolute atomic E-state index is 0.315. The lowest BCUT2D eigenvalue weighted by Crippen LogP contribution is -2.08. The second-order valence-electron chi connectivity index (χ2n) is 4.08. The molecule has 0 amide bonds. The molecule has 17 heavy (non-hydrogen) atoms. The van der Waals surface area contributed by atoms with Gasteiger partial charge >= 0.3 is 0 Å². The number of halogens is 2. The molecule has 0 saturated carbocycles. The van der Waals surface area contributed by atoms with E-state index in [4.69, 9.17) is 4.74 Å². The van der Waals surface area contributed by atoms with Gasteiger partial charge in [-0.1, -0.05) is 6.92 Å². The van der Waals surface area contributed by atoms with Crippen molar-refractivity contribution in [3.05, 3.63) is 29.3 Å². The van der Waals surface area contributed by atoms with Crippen molar-refractivity contribution in [1.82, 2.24) is 0 Å². The van der Waals surface area contributed by atoms with Crippen molar-refractivity contribution in [2.24, 2.45) is 0 Å². The third-order valence-electron chi connectivity index (χ3n) is 2.63. The highest BCUT2D eigenvalue weighted by Gasteiger charge is 2.08. The van der Waals surface area contributed by atoms with Crippen molar-refractivity contribution in [3.8, 4) is 5.75 Å². The average Bonchev–Trinajstić information content (AvgIpc) is 2.30. The Morgan fingerprint density at radius 2 is 1.94 bits per heavy atom. The number of hydrogen-bond acceptors (Lipinski definition) is 2. The molecule has 0 aromatic heterocycles. The van der Waals surface area contributed by atoms with Gasteiger partial charge in [-0.05, 0) is 37.8 Å². The van der Waals surface area contributed by atoms with Gasteiger partial charge in [0.05, 0.1) is 12.7 Å². The van der Waals surface area contributed by atoms with Gasteiger partial charge in [0, 0.05) is 6.07 Å². The van der Waals surface area contributed by atoms with Crippen LogP contribution in [0.5, 0.6) is 5.75 Å². The summed E-state index contributed by atoms with van der Waals surface area (Å²) in [4.78, 5) is 0. The summed E-state index contributed by atoms with van der Waals surface area (Å²) in [5, 5.41) is 9.33. The smallest absolute Gasteiger partial charge is 0.162 e. The normalized spacial score (nSPS) is 12.5. The van der Waals surface area contributed by atoms with Crippen LogP contribution < -0.4 is 4.74 Å². The van der Waals surface area contributed by atoms with E-state index in [0.717, 1.165) is 12.1 Å². The van der Waals surface area contributed by atoms with Crippen LogP contribution in [0.15, 0.2) is 12.1 Å². The van der Waals surface area contributed by atoms with Crippen molar-refractivity contribution in [2.45, 2.75) is 39.2 Å². The van der Waals surface area contributed by atoms with Crippen LogP contribution in [-0.2, 0) is 0 Å². The molecule has 0 aliphatic rings. The average molecular weight is 244 g/mol. The monoisotopic (exact) mass is 244 g/mol. The molecular formula is C13H18F2O2. The summed E-state index contributed by atoms with van der Waals surface area (Å²) in [7, 11) is 0. The topological polar surface area (TPSA) is 29.5 Å². The van der Waals surface area contributed by atoms with Crippen LogP contribution in [-0.4, -0.2) is 17.8 Å². The summed E-state index contributed by atoms with van der Waals surface area (Å²) >= 11 is 0. The maximum atomic E-state index is 13.0. The maximum absolute atomic E-state index is 13.0. The van der Waals surface area contributed by atoms with Crippen molar-refractivity contribution >= 4 is 0 Å². The van der Waals surface area contributed by atoms with Gasteiger partial charge in [0.25, 0.3) is 0 Å². The van der Waals surface area contributed by atoms with E-state index in [2.05, 4.69) is 0 Å². The minimum atomic E-state index is -0.904. The zero-order valence-electron chi connectivity index (χ0n) is 10.2. The fourth-order valence-electron chi connectivity index (χ4n) is 1.49. The first-order valence-electron chi connectivity index (χ1n) is 5.81. The third kappa shape index (κ3) is 4.30. The lowest BCUT2D eigenvalue weighted by Gasteiger charge is -2.11. The van der Waals surface area contributed by atoms with E-state index in [-0.39, 0.29) is 6.10 Å². The summed E-state index contributed by atoms with van der Waals surface area (Å²) in [6, 6.07) is 2.17. The predicted octanol–water partition coefficient (Wildman–Crippen LogP) is 3.20. The van der Waals surface area contributed by atoms with E-state index in [1.54, 1.807) is 6.92 Å². The first-order chi connectivity index (χ1) is 8.04. The zero-order valence-corrected chi connectivity index (χ0v) is 10.2. The van der Waals surface area contributed by atoms with Crippen LogP contribution >= 0.6 is 0 Å². The molecule has 0 saturated heterocycles. The molecule has 1 aromatic rings. The Kier molecular flexibility index (Phi) is 5.35. The number of benzene rings is 1. The summed E-state index contributed by atoms with van der Waals surface area (Å²) in [6.45, 7) is 3.97. The molecule has 0 spiro atoms. The third-order valence-corrected chi connectivity index (χ3v) is 2.63. The fourth-order valence-corrected chi connectivity index (χ4v) is 1.49. The number of ether oxygens (including phenoxy) is 1. The van der Waals surface area contributed by atoms with Gasteiger partial charge in [0.2, 0.25) is 0 Å². The zero-order chi connectivity index (χ0) is 12.8. The summed E-state index contributed by atoms with van der Waals surface area (Å²) in [5.41, 5.74) is 0.569. The summed E-state index contributed by atoms with van der Waals surface area (Å²) in [6.07, 6.45) is 1.74.